The van der Waals surface area contributed by atoms with Crippen LogP contribution >= 0.6 is 11.3 Å². The molecule has 8 heteroatoms. The maximum atomic E-state index is 12.2. The molecule has 2 N–H and O–H groups in total. The molecule has 0 amide bonds. The molecule has 0 aliphatic carbocycles. The standard InChI is InChI=1S/C11H15NO5S2/c1-11(3-2-4-17-7-11)12-19(15,16)9-5-8(6-18-9)10(13)14/h5-6,12H,2-4,7H2,1H3,(H,13,14). The number of hydrogen-bond donors (Lipinski definition) is 2. The van der Waals surface area contributed by atoms with Crippen molar-refractivity contribution in [3.05, 3.63) is 17.0 Å². The van der Waals surface area contributed by atoms with Crippen LogP contribution in [-0.2, 0) is 14.8 Å². The van der Waals surface area contributed by atoms with Gasteiger partial charge in [0.15, 0.2) is 0 Å². The zero-order chi connectivity index (χ0) is 14.1. The highest BCUT2D eigenvalue weighted by Gasteiger charge is 2.33. The number of carboxylic acid groups (broad SMARTS) is 1. The molecule has 2 heterocycles. The van der Waals surface area contributed by atoms with Crippen molar-refractivity contribution < 1.29 is 23.1 Å². The molecule has 106 valence electrons. The molecule has 2 rings (SSSR count). The molecule has 6 nitrogen and oxygen atoms in total. The average molecular weight is 305 g/mol. The summed E-state index contributed by atoms with van der Waals surface area (Å²) in [5, 5.41) is 10.1. The van der Waals surface area contributed by atoms with Crippen molar-refractivity contribution in [3.63, 3.8) is 0 Å². The predicted octanol–water partition coefficient (Wildman–Crippen LogP) is 1.29. The number of rotatable bonds is 4. The molecule has 1 atom stereocenters. The van der Waals surface area contributed by atoms with Crippen LogP contribution < -0.4 is 4.72 Å². The molecule has 0 saturated carbocycles. The molecule has 1 saturated heterocycles. The Morgan fingerprint density at radius 3 is 2.84 bits per heavy atom. The highest BCUT2D eigenvalue weighted by molar-refractivity contribution is 7.91. The first-order chi connectivity index (χ1) is 8.82. The maximum Gasteiger partial charge on any atom is 0.336 e. The zero-order valence-electron chi connectivity index (χ0n) is 10.4. The first-order valence-electron chi connectivity index (χ1n) is 5.76. The van der Waals surface area contributed by atoms with Crippen molar-refractivity contribution in [3.8, 4) is 0 Å². The summed E-state index contributed by atoms with van der Waals surface area (Å²) in [7, 11) is -3.71. The second-order valence-corrected chi connectivity index (χ2v) is 7.60. The van der Waals surface area contributed by atoms with Crippen LogP contribution in [0.25, 0.3) is 0 Å². The van der Waals surface area contributed by atoms with E-state index in [4.69, 9.17) is 9.84 Å². The van der Waals surface area contributed by atoms with E-state index >= 15 is 0 Å². The highest BCUT2D eigenvalue weighted by atomic mass is 32.2. The van der Waals surface area contributed by atoms with Gasteiger partial charge in [-0.05, 0) is 25.8 Å². The van der Waals surface area contributed by atoms with Gasteiger partial charge in [0.25, 0.3) is 10.0 Å². The largest absolute Gasteiger partial charge is 0.478 e. The van der Waals surface area contributed by atoms with Gasteiger partial charge in [-0.3, -0.25) is 0 Å². The van der Waals surface area contributed by atoms with E-state index < -0.39 is 21.5 Å². The minimum Gasteiger partial charge on any atom is -0.478 e. The normalized spacial score (nSPS) is 24.3. The SMILES string of the molecule is CC1(NS(=O)(=O)c2cc(C(=O)O)cs2)CCCOC1. The number of carbonyl (C=O) groups is 1. The predicted molar refractivity (Wildman–Crippen MR) is 70.1 cm³/mol. The first-order valence-corrected chi connectivity index (χ1v) is 8.12. The van der Waals surface area contributed by atoms with Gasteiger partial charge < -0.3 is 9.84 Å². The fraction of sp³-hybridized carbons (Fsp3) is 0.545. The lowest BCUT2D eigenvalue weighted by molar-refractivity contribution is 0.0387. The molecule has 1 aromatic heterocycles. The fourth-order valence-electron chi connectivity index (χ4n) is 1.96. The van der Waals surface area contributed by atoms with Crippen LogP contribution in [0.1, 0.15) is 30.1 Å². The van der Waals surface area contributed by atoms with Crippen molar-refractivity contribution >= 4 is 27.3 Å². The van der Waals surface area contributed by atoms with Crippen molar-refractivity contribution in [1.82, 2.24) is 4.72 Å². The lowest BCUT2D eigenvalue weighted by atomic mass is 9.97. The van der Waals surface area contributed by atoms with Crippen LogP contribution in [0, 0.1) is 0 Å². The quantitative estimate of drug-likeness (QED) is 0.874. The molecule has 1 aliphatic heterocycles. The summed E-state index contributed by atoms with van der Waals surface area (Å²) < 4.78 is 32.3. The van der Waals surface area contributed by atoms with Crippen LogP contribution in [0.15, 0.2) is 15.7 Å². The Morgan fingerprint density at radius 2 is 2.32 bits per heavy atom. The summed E-state index contributed by atoms with van der Waals surface area (Å²) in [5.74, 6) is -1.13. The van der Waals surface area contributed by atoms with E-state index in [0.717, 1.165) is 17.8 Å². The van der Waals surface area contributed by atoms with E-state index in [-0.39, 0.29) is 9.77 Å². The molecule has 1 aliphatic rings. The van der Waals surface area contributed by atoms with E-state index in [1.807, 2.05) is 0 Å². The smallest absolute Gasteiger partial charge is 0.336 e. The maximum absolute atomic E-state index is 12.2. The van der Waals surface area contributed by atoms with Crippen molar-refractivity contribution in [2.24, 2.45) is 0 Å². The van der Waals surface area contributed by atoms with E-state index in [0.29, 0.717) is 19.6 Å². The van der Waals surface area contributed by atoms with Gasteiger partial charge >= 0.3 is 5.97 Å². The molecular weight excluding hydrogens is 290 g/mol. The molecule has 0 spiro atoms. The van der Waals surface area contributed by atoms with Gasteiger partial charge in [0.1, 0.15) is 4.21 Å². The zero-order valence-corrected chi connectivity index (χ0v) is 12.0. The number of hydrogen-bond acceptors (Lipinski definition) is 5. The lowest BCUT2D eigenvalue weighted by Crippen LogP contribution is -2.51. The summed E-state index contributed by atoms with van der Waals surface area (Å²) in [6, 6.07) is 1.17. The van der Waals surface area contributed by atoms with Crippen LogP contribution in [0.4, 0.5) is 0 Å². The van der Waals surface area contributed by atoms with E-state index in [2.05, 4.69) is 4.72 Å². The number of ether oxygens (including phenoxy) is 1. The van der Waals surface area contributed by atoms with Gasteiger partial charge in [0.2, 0.25) is 0 Å². The van der Waals surface area contributed by atoms with Gasteiger partial charge in [-0.25, -0.2) is 17.9 Å². The van der Waals surface area contributed by atoms with E-state index in [1.165, 1.54) is 11.4 Å². The number of carboxylic acids is 1. The Morgan fingerprint density at radius 1 is 1.58 bits per heavy atom. The van der Waals surface area contributed by atoms with Crippen LogP contribution in [0.5, 0.6) is 0 Å². The van der Waals surface area contributed by atoms with Crippen molar-refractivity contribution in [2.75, 3.05) is 13.2 Å². The number of thiophene rings is 1. The van der Waals surface area contributed by atoms with Crippen LogP contribution in [-0.4, -0.2) is 38.2 Å². The monoisotopic (exact) mass is 305 g/mol. The Kier molecular flexibility index (Phi) is 3.95. The van der Waals surface area contributed by atoms with Crippen molar-refractivity contribution in [2.45, 2.75) is 29.5 Å². The molecule has 0 aromatic carbocycles. The topological polar surface area (TPSA) is 92.7 Å². The Balaban J connectivity index is 2.19. The summed E-state index contributed by atoms with van der Waals surface area (Å²) in [4.78, 5) is 10.8. The average Bonchev–Trinajstić information content (AvgIpc) is 2.78. The molecule has 1 unspecified atom stereocenters. The van der Waals surface area contributed by atoms with Gasteiger partial charge in [-0.1, -0.05) is 0 Å². The summed E-state index contributed by atoms with van der Waals surface area (Å²) in [6.07, 6.45) is 1.49. The summed E-state index contributed by atoms with van der Waals surface area (Å²) in [5.41, 5.74) is -0.653. The molecule has 0 radical (unpaired) electrons. The third-order valence-electron chi connectivity index (χ3n) is 2.91. The second-order valence-electron chi connectivity index (χ2n) is 4.78. The first kappa shape index (κ1) is 14.4. The number of aromatic carboxylic acids is 1. The third-order valence-corrected chi connectivity index (χ3v) is 5.98. The third kappa shape index (κ3) is 3.33. The Hall–Kier alpha value is -0.960. The van der Waals surface area contributed by atoms with Gasteiger partial charge in [-0.2, -0.15) is 0 Å². The minimum atomic E-state index is -3.71. The molecule has 19 heavy (non-hydrogen) atoms. The van der Waals surface area contributed by atoms with E-state index in [1.54, 1.807) is 6.92 Å². The number of sulfonamides is 1. The summed E-state index contributed by atoms with van der Waals surface area (Å²) in [6.45, 7) is 2.75. The Bertz CT molecular complexity index is 572. The van der Waals surface area contributed by atoms with Gasteiger partial charge in [0.05, 0.1) is 17.7 Å². The highest BCUT2D eigenvalue weighted by Crippen LogP contribution is 2.25. The molecule has 0 bridgehead atoms. The van der Waals surface area contributed by atoms with Gasteiger partial charge in [0, 0.05) is 12.0 Å². The Labute approximate surface area is 115 Å². The molecule has 1 aromatic rings. The van der Waals surface area contributed by atoms with Crippen molar-refractivity contribution in [1.29, 1.82) is 0 Å². The number of nitrogens with one attached hydrogen (secondary N) is 1. The molecule has 1 fully saturated rings. The minimum absolute atomic E-state index is 0.0108. The molecular formula is C11H15NO5S2. The van der Waals surface area contributed by atoms with Crippen LogP contribution in [0.3, 0.4) is 0 Å². The van der Waals surface area contributed by atoms with E-state index in [9.17, 15) is 13.2 Å². The fourth-order valence-corrected chi connectivity index (χ4v) is 4.53. The van der Waals surface area contributed by atoms with Crippen LogP contribution in [0.2, 0.25) is 0 Å². The summed E-state index contributed by atoms with van der Waals surface area (Å²) >= 11 is 0.900. The second kappa shape index (κ2) is 5.20. The van der Waals surface area contributed by atoms with Gasteiger partial charge in [-0.15, -0.1) is 11.3 Å². The lowest BCUT2D eigenvalue weighted by Gasteiger charge is -2.33.